The first kappa shape index (κ1) is 72.2. The van der Waals surface area contributed by atoms with Crippen molar-refractivity contribution in [2.24, 2.45) is 0 Å². The number of phosphoric acid groups is 1. The van der Waals surface area contributed by atoms with Gasteiger partial charge in [-0.3, -0.25) is 14.2 Å². The van der Waals surface area contributed by atoms with Gasteiger partial charge in [-0.05, 0) is 51.4 Å². The van der Waals surface area contributed by atoms with Gasteiger partial charge in [0.25, 0.3) is 7.82 Å². The van der Waals surface area contributed by atoms with Crippen LogP contribution in [0.1, 0.15) is 309 Å². The fourth-order valence-electron chi connectivity index (χ4n) is 9.25. The van der Waals surface area contributed by atoms with Crippen molar-refractivity contribution < 1.29 is 42.1 Å². The molecule has 10 heteroatoms. The van der Waals surface area contributed by atoms with Gasteiger partial charge < -0.3 is 27.9 Å². The summed E-state index contributed by atoms with van der Waals surface area (Å²) in [7, 11) is 1.18. The molecule has 0 fully saturated rings. The van der Waals surface area contributed by atoms with E-state index >= 15 is 0 Å². The summed E-state index contributed by atoms with van der Waals surface area (Å²) < 4.78 is 34.2. The number of hydrogen-bond donors (Lipinski definition) is 0. The zero-order chi connectivity index (χ0) is 54.2. The molecule has 0 aliphatic heterocycles. The van der Waals surface area contributed by atoms with Crippen LogP contribution in [-0.2, 0) is 32.7 Å². The van der Waals surface area contributed by atoms with Crippen molar-refractivity contribution in [2.45, 2.75) is 315 Å². The Morgan fingerprint density at radius 1 is 0.419 bits per heavy atom. The van der Waals surface area contributed by atoms with Crippen molar-refractivity contribution in [3.8, 4) is 0 Å². The minimum atomic E-state index is -4.64. The number of unbranched alkanes of at least 4 members (excludes halogenated alkanes) is 39. The molecule has 0 saturated heterocycles. The van der Waals surface area contributed by atoms with Crippen molar-refractivity contribution >= 4 is 19.8 Å². The minimum absolute atomic E-state index is 0.0300. The van der Waals surface area contributed by atoms with E-state index in [9.17, 15) is 19.0 Å². The Kier molecular flexibility index (Phi) is 54.6. The summed E-state index contributed by atoms with van der Waals surface area (Å²) in [4.78, 5) is 38.0. The number of esters is 2. The van der Waals surface area contributed by atoms with E-state index in [1.165, 1.54) is 218 Å². The molecule has 0 aromatic heterocycles. The van der Waals surface area contributed by atoms with E-state index in [0.29, 0.717) is 17.4 Å². The molecule has 2 unspecified atom stereocenters. The van der Waals surface area contributed by atoms with Crippen molar-refractivity contribution in [1.82, 2.24) is 0 Å². The van der Waals surface area contributed by atoms with Gasteiger partial charge in [0, 0.05) is 12.8 Å². The summed E-state index contributed by atoms with van der Waals surface area (Å²) in [6, 6.07) is 0. The van der Waals surface area contributed by atoms with Gasteiger partial charge in [-0.25, -0.2) is 0 Å². The SMILES string of the molecule is CCCCCCC/C=C\C/C=C\C/C=C\CCCCCCCCCCCCC(=O)OC(COC(=O)CCCCCCCCCCCCCCCCCCCCCCCCCCC)COP(=O)([O-])OCC[N+](C)(C)C. The lowest BCUT2D eigenvalue weighted by Crippen LogP contribution is -2.37. The second-order valence-corrected chi connectivity index (χ2v) is 24.2. The van der Waals surface area contributed by atoms with Gasteiger partial charge in [0.2, 0.25) is 0 Å². The highest BCUT2D eigenvalue weighted by Gasteiger charge is 2.22. The predicted molar refractivity (Wildman–Crippen MR) is 314 cm³/mol. The molecule has 0 heterocycles. The topological polar surface area (TPSA) is 111 Å². The first-order valence-corrected chi connectivity index (χ1v) is 33.2. The van der Waals surface area contributed by atoms with Crippen LogP contribution in [0.5, 0.6) is 0 Å². The molecule has 0 radical (unpaired) electrons. The number of carbonyl (C=O) groups is 2. The predicted octanol–water partition coefficient (Wildman–Crippen LogP) is 19.3. The van der Waals surface area contributed by atoms with E-state index in [1.54, 1.807) is 0 Å². The molecular weight excluding hydrogens is 942 g/mol. The van der Waals surface area contributed by atoms with Crippen molar-refractivity contribution in [2.75, 3.05) is 47.5 Å². The molecule has 0 N–H and O–H groups in total. The number of allylic oxidation sites excluding steroid dienone is 6. The lowest BCUT2D eigenvalue weighted by molar-refractivity contribution is -0.870. The first-order valence-electron chi connectivity index (χ1n) is 31.7. The van der Waals surface area contributed by atoms with Gasteiger partial charge in [-0.1, -0.05) is 281 Å². The Morgan fingerprint density at radius 2 is 0.730 bits per heavy atom. The number of rotatable bonds is 59. The summed E-state index contributed by atoms with van der Waals surface area (Å²) in [5, 5.41) is 0. The maximum Gasteiger partial charge on any atom is 0.306 e. The molecule has 0 aliphatic rings. The van der Waals surface area contributed by atoms with Crippen LogP contribution in [0.2, 0.25) is 0 Å². The molecule has 74 heavy (non-hydrogen) atoms. The number of phosphoric ester groups is 1. The maximum atomic E-state index is 12.8. The van der Waals surface area contributed by atoms with Gasteiger partial charge in [0.05, 0.1) is 27.7 Å². The maximum absolute atomic E-state index is 12.8. The second kappa shape index (κ2) is 56.0. The minimum Gasteiger partial charge on any atom is -0.756 e. The Labute approximate surface area is 459 Å². The van der Waals surface area contributed by atoms with E-state index in [4.69, 9.17) is 18.5 Å². The zero-order valence-electron chi connectivity index (χ0n) is 49.6. The first-order chi connectivity index (χ1) is 36.0. The summed E-state index contributed by atoms with van der Waals surface area (Å²) in [5.74, 6) is -0.822. The summed E-state index contributed by atoms with van der Waals surface area (Å²) in [6.07, 6.45) is 69.1. The standard InChI is InChI=1S/C64H122NO8P/c1-6-8-10-12-14-16-18-20-22-24-26-28-30-32-34-36-38-40-42-44-46-48-50-52-54-56-63(66)70-60-62(61-72-74(68,69)71-59-58-65(3,4)5)73-64(67)57-55-53-51-49-47-45-43-41-39-37-35-33-31-29-27-25-23-21-19-17-15-13-11-9-7-2/h19,21,25,27,31,33,62H,6-18,20,22-24,26,28-30,32,34-61H2,1-5H3/b21-19-,27-25-,33-31-. The third-order valence-electron chi connectivity index (χ3n) is 14.2. The van der Waals surface area contributed by atoms with Gasteiger partial charge in [-0.15, -0.1) is 0 Å². The molecule has 0 aliphatic carbocycles. The number of likely N-dealkylation sites (N-methyl/N-ethyl adjacent to an activating group) is 1. The monoisotopic (exact) mass is 1060 g/mol. The number of hydrogen-bond acceptors (Lipinski definition) is 8. The highest BCUT2D eigenvalue weighted by atomic mass is 31.2. The quantitative estimate of drug-likeness (QED) is 0.0195. The molecule has 0 aromatic carbocycles. The number of ether oxygens (including phenoxy) is 2. The van der Waals surface area contributed by atoms with Gasteiger partial charge in [0.1, 0.15) is 19.8 Å². The number of nitrogens with zero attached hydrogens (tertiary/aromatic N) is 1. The lowest BCUT2D eigenvalue weighted by atomic mass is 10.0. The highest BCUT2D eigenvalue weighted by Crippen LogP contribution is 2.38. The number of carbonyl (C=O) groups excluding carboxylic acids is 2. The summed E-state index contributed by atoms with van der Waals surface area (Å²) >= 11 is 0. The molecular formula is C64H122NO8P. The van der Waals surface area contributed by atoms with E-state index in [0.717, 1.165) is 57.8 Å². The van der Waals surface area contributed by atoms with Crippen LogP contribution in [0.4, 0.5) is 0 Å². The third kappa shape index (κ3) is 59.5. The van der Waals surface area contributed by atoms with Crippen LogP contribution < -0.4 is 4.89 Å². The van der Waals surface area contributed by atoms with Crippen LogP contribution in [0.25, 0.3) is 0 Å². The fourth-order valence-corrected chi connectivity index (χ4v) is 9.98. The largest absolute Gasteiger partial charge is 0.756 e. The molecule has 9 nitrogen and oxygen atoms in total. The van der Waals surface area contributed by atoms with E-state index in [1.807, 2.05) is 21.1 Å². The van der Waals surface area contributed by atoms with Crippen LogP contribution in [0.3, 0.4) is 0 Å². The van der Waals surface area contributed by atoms with Crippen LogP contribution >= 0.6 is 7.82 Å². The Hall–Kier alpha value is -1.77. The van der Waals surface area contributed by atoms with Crippen LogP contribution in [0, 0.1) is 0 Å². The molecule has 2 atom stereocenters. The Balaban J connectivity index is 4.10. The van der Waals surface area contributed by atoms with Crippen LogP contribution in [0.15, 0.2) is 36.5 Å². The smallest absolute Gasteiger partial charge is 0.306 e. The van der Waals surface area contributed by atoms with Crippen molar-refractivity contribution in [1.29, 1.82) is 0 Å². The molecule has 0 spiro atoms. The molecule has 0 amide bonds. The van der Waals surface area contributed by atoms with Gasteiger partial charge in [0.15, 0.2) is 6.10 Å². The average Bonchev–Trinajstić information content (AvgIpc) is 3.36. The number of quaternary nitrogens is 1. The van der Waals surface area contributed by atoms with E-state index in [-0.39, 0.29) is 32.0 Å². The summed E-state index contributed by atoms with van der Waals surface area (Å²) in [6.45, 7) is 4.28. The van der Waals surface area contributed by atoms with E-state index < -0.39 is 26.5 Å². The zero-order valence-corrected chi connectivity index (χ0v) is 50.5. The summed E-state index contributed by atoms with van der Waals surface area (Å²) in [5.41, 5.74) is 0. The van der Waals surface area contributed by atoms with Crippen molar-refractivity contribution in [3.05, 3.63) is 36.5 Å². The third-order valence-corrected chi connectivity index (χ3v) is 15.1. The molecule has 0 bridgehead atoms. The Morgan fingerprint density at radius 3 is 1.08 bits per heavy atom. The normalized spacial score (nSPS) is 13.4. The van der Waals surface area contributed by atoms with Gasteiger partial charge >= 0.3 is 11.9 Å². The van der Waals surface area contributed by atoms with E-state index in [2.05, 4.69) is 50.3 Å². The molecule has 0 saturated carbocycles. The fraction of sp³-hybridized carbons (Fsp3) is 0.875. The lowest BCUT2D eigenvalue weighted by Gasteiger charge is -2.28. The molecule has 436 valence electrons. The highest BCUT2D eigenvalue weighted by molar-refractivity contribution is 7.45. The second-order valence-electron chi connectivity index (χ2n) is 22.8. The van der Waals surface area contributed by atoms with Crippen molar-refractivity contribution in [3.63, 3.8) is 0 Å². The molecule has 0 aromatic rings. The average molecular weight is 1060 g/mol. The van der Waals surface area contributed by atoms with Gasteiger partial charge in [-0.2, -0.15) is 0 Å². The Bertz CT molecular complexity index is 1340. The van der Waals surface area contributed by atoms with Crippen LogP contribution in [-0.4, -0.2) is 70.0 Å². The molecule has 0 rings (SSSR count).